The topological polar surface area (TPSA) is 35.2 Å². The molecule has 1 aliphatic rings. The normalized spacial score (nSPS) is 17.4. The van der Waals surface area contributed by atoms with Gasteiger partial charge in [-0.25, -0.2) is 8.78 Å². The molecule has 2 nitrogen and oxygen atoms in total. The Morgan fingerprint density at radius 3 is 2.69 bits per heavy atom. The van der Waals surface area contributed by atoms with Crippen LogP contribution in [0.1, 0.15) is 24.5 Å². The molecule has 1 aromatic carbocycles. The first-order chi connectivity index (χ1) is 7.72. The number of ether oxygens (including phenoxy) is 1. The summed E-state index contributed by atoms with van der Waals surface area (Å²) >= 11 is 0. The lowest BCUT2D eigenvalue weighted by Gasteiger charge is -2.18. The van der Waals surface area contributed by atoms with Gasteiger partial charge in [-0.3, -0.25) is 0 Å². The predicted molar refractivity (Wildman–Crippen MR) is 56.8 cm³/mol. The smallest absolute Gasteiger partial charge is 0.131 e. The lowest BCUT2D eigenvalue weighted by atomic mass is 10.0. The standard InChI is InChI=1S/C12H15F2NO/c13-9-3-4-10(11(14)7-9)12(8-1-2-8)16-6-5-15/h3-4,7-8,12H,1-2,5-6,15H2. The van der Waals surface area contributed by atoms with Gasteiger partial charge in [-0.15, -0.1) is 0 Å². The Hall–Kier alpha value is -1.00. The van der Waals surface area contributed by atoms with Crippen LogP contribution < -0.4 is 5.73 Å². The van der Waals surface area contributed by atoms with Gasteiger partial charge in [-0.1, -0.05) is 6.07 Å². The number of halogens is 2. The van der Waals surface area contributed by atoms with Crippen molar-refractivity contribution in [1.29, 1.82) is 0 Å². The van der Waals surface area contributed by atoms with E-state index in [-0.39, 0.29) is 6.10 Å². The highest BCUT2D eigenvalue weighted by molar-refractivity contribution is 5.22. The largest absolute Gasteiger partial charge is 0.372 e. The maximum atomic E-state index is 13.6. The van der Waals surface area contributed by atoms with E-state index in [0.29, 0.717) is 24.6 Å². The monoisotopic (exact) mass is 227 g/mol. The zero-order valence-corrected chi connectivity index (χ0v) is 8.96. The van der Waals surface area contributed by atoms with E-state index >= 15 is 0 Å². The molecule has 1 atom stereocenters. The summed E-state index contributed by atoms with van der Waals surface area (Å²) in [6, 6.07) is 3.63. The van der Waals surface area contributed by atoms with Gasteiger partial charge in [0, 0.05) is 18.2 Å². The van der Waals surface area contributed by atoms with E-state index in [2.05, 4.69) is 0 Å². The van der Waals surface area contributed by atoms with Crippen LogP contribution in [0.4, 0.5) is 8.78 Å². The summed E-state index contributed by atoms with van der Waals surface area (Å²) in [5.74, 6) is -0.741. The highest BCUT2D eigenvalue weighted by Crippen LogP contribution is 2.43. The maximum Gasteiger partial charge on any atom is 0.131 e. The van der Waals surface area contributed by atoms with Crippen LogP contribution in [0.3, 0.4) is 0 Å². The summed E-state index contributed by atoms with van der Waals surface area (Å²) in [6.07, 6.45) is 1.79. The second kappa shape index (κ2) is 4.89. The maximum absolute atomic E-state index is 13.6. The quantitative estimate of drug-likeness (QED) is 0.838. The number of rotatable bonds is 5. The zero-order chi connectivity index (χ0) is 11.5. The SMILES string of the molecule is NCCOC(c1ccc(F)cc1F)C1CC1. The number of nitrogens with two attached hydrogens (primary N) is 1. The molecule has 0 amide bonds. The molecule has 0 spiro atoms. The summed E-state index contributed by atoms with van der Waals surface area (Å²) in [7, 11) is 0. The molecule has 1 aliphatic carbocycles. The fourth-order valence-corrected chi connectivity index (χ4v) is 1.81. The molecule has 1 fully saturated rings. The van der Waals surface area contributed by atoms with Gasteiger partial charge in [0.2, 0.25) is 0 Å². The lowest BCUT2D eigenvalue weighted by Crippen LogP contribution is -2.15. The van der Waals surface area contributed by atoms with E-state index in [0.717, 1.165) is 18.9 Å². The molecule has 88 valence electrons. The van der Waals surface area contributed by atoms with Gasteiger partial charge in [0.15, 0.2) is 0 Å². The summed E-state index contributed by atoms with van der Waals surface area (Å²) in [5.41, 5.74) is 5.80. The van der Waals surface area contributed by atoms with Gasteiger partial charge in [0.25, 0.3) is 0 Å². The average Bonchev–Trinajstić information content (AvgIpc) is 3.05. The Kier molecular flexibility index (Phi) is 3.51. The van der Waals surface area contributed by atoms with Crippen molar-refractivity contribution in [3.63, 3.8) is 0 Å². The molecule has 0 saturated heterocycles. The van der Waals surface area contributed by atoms with Crippen molar-refractivity contribution in [2.75, 3.05) is 13.2 Å². The third-order valence-electron chi connectivity index (χ3n) is 2.73. The van der Waals surface area contributed by atoms with E-state index in [1.807, 2.05) is 0 Å². The van der Waals surface area contributed by atoms with Crippen LogP contribution in [-0.2, 0) is 4.74 Å². The van der Waals surface area contributed by atoms with E-state index in [1.54, 1.807) is 0 Å². The molecule has 0 radical (unpaired) electrons. The first-order valence-electron chi connectivity index (χ1n) is 5.49. The van der Waals surface area contributed by atoms with Crippen molar-refractivity contribution in [3.05, 3.63) is 35.4 Å². The van der Waals surface area contributed by atoms with Crippen molar-refractivity contribution in [1.82, 2.24) is 0 Å². The number of hydrogen-bond acceptors (Lipinski definition) is 2. The molecule has 1 saturated carbocycles. The number of benzene rings is 1. The molecule has 1 aromatic rings. The van der Waals surface area contributed by atoms with Crippen LogP contribution in [0.25, 0.3) is 0 Å². The van der Waals surface area contributed by atoms with E-state index < -0.39 is 11.6 Å². The summed E-state index contributed by atoms with van der Waals surface area (Å²) in [4.78, 5) is 0. The van der Waals surface area contributed by atoms with Gasteiger partial charge >= 0.3 is 0 Å². The van der Waals surface area contributed by atoms with Gasteiger partial charge in [0.05, 0.1) is 12.7 Å². The minimum Gasteiger partial charge on any atom is -0.372 e. The molecule has 0 aliphatic heterocycles. The van der Waals surface area contributed by atoms with Crippen LogP contribution in [0.2, 0.25) is 0 Å². The molecular formula is C12H15F2NO. The molecule has 0 aromatic heterocycles. The molecule has 4 heteroatoms. The fourth-order valence-electron chi connectivity index (χ4n) is 1.81. The minimum atomic E-state index is -0.561. The van der Waals surface area contributed by atoms with E-state index in [9.17, 15) is 8.78 Å². The van der Waals surface area contributed by atoms with Crippen molar-refractivity contribution >= 4 is 0 Å². The lowest BCUT2D eigenvalue weighted by molar-refractivity contribution is 0.0399. The van der Waals surface area contributed by atoms with Gasteiger partial charge in [-0.05, 0) is 24.8 Å². The molecule has 2 N–H and O–H groups in total. The minimum absolute atomic E-state index is 0.274. The molecular weight excluding hydrogens is 212 g/mol. The fraction of sp³-hybridized carbons (Fsp3) is 0.500. The van der Waals surface area contributed by atoms with Crippen molar-refractivity contribution < 1.29 is 13.5 Å². The second-order valence-corrected chi connectivity index (χ2v) is 4.08. The van der Waals surface area contributed by atoms with E-state index in [1.165, 1.54) is 12.1 Å². The van der Waals surface area contributed by atoms with Crippen LogP contribution >= 0.6 is 0 Å². The van der Waals surface area contributed by atoms with Crippen molar-refractivity contribution in [2.24, 2.45) is 11.7 Å². The Morgan fingerprint density at radius 2 is 2.12 bits per heavy atom. The molecule has 1 unspecified atom stereocenters. The summed E-state index contributed by atoms with van der Waals surface area (Å²) in [6.45, 7) is 0.810. The first kappa shape index (κ1) is 11.5. The highest BCUT2D eigenvalue weighted by atomic mass is 19.1. The van der Waals surface area contributed by atoms with Crippen LogP contribution in [-0.4, -0.2) is 13.2 Å². The highest BCUT2D eigenvalue weighted by Gasteiger charge is 2.34. The third kappa shape index (κ3) is 2.57. The number of hydrogen-bond donors (Lipinski definition) is 1. The van der Waals surface area contributed by atoms with Crippen LogP contribution in [0.15, 0.2) is 18.2 Å². The Labute approximate surface area is 93.4 Å². The average molecular weight is 227 g/mol. The first-order valence-corrected chi connectivity index (χ1v) is 5.49. The molecule has 2 rings (SSSR count). The second-order valence-electron chi connectivity index (χ2n) is 4.08. The third-order valence-corrected chi connectivity index (χ3v) is 2.73. The Morgan fingerprint density at radius 1 is 1.38 bits per heavy atom. The molecule has 16 heavy (non-hydrogen) atoms. The van der Waals surface area contributed by atoms with Crippen molar-refractivity contribution in [2.45, 2.75) is 18.9 Å². The molecule has 0 heterocycles. The van der Waals surface area contributed by atoms with Gasteiger partial charge < -0.3 is 10.5 Å². The van der Waals surface area contributed by atoms with E-state index in [4.69, 9.17) is 10.5 Å². The summed E-state index contributed by atoms with van der Waals surface area (Å²) < 4.78 is 31.9. The Bertz CT molecular complexity index is 366. The van der Waals surface area contributed by atoms with Crippen molar-refractivity contribution in [3.8, 4) is 0 Å². The van der Waals surface area contributed by atoms with Gasteiger partial charge in [-0.2, -0.15) is 0 Å². The van der Waals surface area contributed by atoms with Crippen LogP contribution in [0.5, 0.6) is 0 Å². The van der Waals surface area contributed by atoms with Crippen LogP contribution in [0, 0.1) is 17.6 Å². The molecule has 0 bridgehead atoms. The van der Waals surface area contributed by atoms with Gasteiger partial charge in [0.1, 0.15) is 11.6 Å². The summed E-state index contributed by atoms with van der Waals surface area (Å²) in [5, 5.41) is 0. The zero-order valence-electron chi connectivity index (χ0n) is 8.96. The Balaban J connectivity index is 2.17. The predicted octanol–water partition coefficient (Wildman–Crippen LogP) is 2.39.